The van der Waals surface area contributed by atoms with Crippen LogP contribution in [0.15, 0.2) is 12.2 Å². The van der Waals surface area contributed by atoms with Crippen LogP contribution in [0.4, 0.5) is 0 Å². The average molecular weight is 602 g/mol. The van der Waals surface area contributed by atoms with Gasteiger partial charge in [-0.3, -0.25) is 39.1 Å². The third-order valence-electron chi connectivity index (χ3n) is 8.38. The molecule has 6 atom stereocenters. The lowest BCUT2D eigenvalue weighted by Crippen LogP contribution is -2.48. The molecule has 4 amide bonds. The first kappa shape index (κ1) is 33.6. The fourth-order valence-corrected chi connectivity index (χ4v) is 6.28. The monoisotopic (exact) mass is 601 g/mol. The minimum atomic E-state index is -1.26. The van der Waals surface area contributed by atoms with Crippen LogP contribution in [-0.4, -0.2) is 82.7 Å². The number of carboxylic acid groups (broad SMARTS) is 1. The van der Waals surface area contributed by atoms with Gasteiger partial charge in [-0.15, -0.1) is 0 Å². The Morgan fingerprint density at radius 2 is 1.60 bits per heavy atom. The minimum Gasteiger partial charge on any atom is -0.481 e. The molecule has 1 unspecified atom stereocenters. The van der Waals surface area contributed by atoms with Crippen molar-refractivity contribution >= 4 is 47.0 Å². The van der Waals surface area contributed by atoms with Crippen LogP contribution in [-0.2, 0) is 33.6 Å². The number of fused-ring (bicyclic) bond motifs is 5. The summed E-state index contributed by atoms with van der Waals surface area (Å²) in [6.07, 6.45) is 6.84. The van der Waals surface area contributed by atoms with Gasteiger partial charge in [-0.2, -0.15) is 0 Å². The van der Waals surface area contributed by atoms with Gasteiger partial charge in [0.05, 0.1) is 30.1 Å². The molecule has 0 aromatic carbocycles. The summed E-state index contributed by atoms with van der Waals surface area (Å²) in [5, 5.41) is 24.7. The molecule has 13 heteroatoms. The van der Waals surface area contributed by atoms with Crippen molar-refractivity contribution in [1.29, 1.82) is 5.41 Å². The Morgan fingerprint density at radius 3 is 2.19 bits per heavy atom. The van der Waals surface area contributed by atoms with Crippen molar-refractivity contribution in [2.24, 2.45) is 29.6 Å². The van der Waals surface area contributed by atoms with Crippen LogP contribution in [0.3, 0.4) is 0 Å². The maximum Gasteiger partial charge on any atom is 0.307 e. The van der Waals surface area contributed by atoms with Crippen molar-refractivity contribution in [2.75, 3.05) is 19.6 Å². The number of carbonyl (C=O) groups excluding carboxylic acids is 6. The summed E-state index contributed by atoms with van der Waals surface area (Å²) in [6.45, 7) is 3.13. The minimum absolute atomic E-state index is 0.0815. The third kappa shape index (κ3) is 9.29. The number of likely N-dealkylation sites (tertiary alicyclic amines) is 1. The molecular formula is C30H43N5O8. The van der Waals surface area contributed by atoms with Crippen LogP contribution in [0.1, 0.15) is 71.6 Å². The molecule has 2 aliphatic carbocycles. The number of carboxylic acids is 1. The molecule has 2 fully saturated rings. The zero-order valence-corrected chi connectivity index (χ0v) is 24.9. The first-order valence-electron chi connectivity index (χ1n) is 15.0. The van der Waals surface area contributed by atoms with Gasteiger partial charge in [0.1, 0.15) is 11.8 Å². The second-order valence-electron chi connectivity index (χ2n) is 11.9. The lowest BCUT2D eigenvalue weighted by molar-refractivity contribution is -0.145. The van der Waals surface area contributed by atoms with Gasteiger partial charge in [-0.05, 0) is 57.8 Å². The van der Waals surface area contributed by atoms with E-state index in [0.29, 0.717) is 38.8 Å². The maximum atomic E-state index is 12.8. The van der Waals surface area contributed by atoms with Crippen LogP contribution in [0.2, 0.25) is 0 Å². The molecule has 0 spiro atoms. The third-order valence-corrected chi connectivity index (χ3v) is 8.38. The summed E-state index contributed by atoms with van der Waals surface area (Å²) in [5.74, 6) is -4.28. The van der Waals surface area contributed by atoms with Gasteiger partial charge in [0, 0.05) is 32.4 Å². The van der Waals surface area contributed by atoms with Crippen molar-refractivity contribution in [3.05, 3.63) is 12.2 Å². The van der Waals surface area contributed by atoms with E-state index in [9.17, 15) is 38.7 Å². The highest BCUT2D eigenvalue weighted by atomic mass is 16.4. The van der Waals surface area contributed by atoms with Crippen LogP contribution in [0.25, 0.3) is 0 Å². The predicted molar refractivity (Wildman–Crippen MR) is 155 cm³/mol. The topological polar surface area (TPSA) is 203 Å². The van der Waals surface area contributed by atoms with Gasteiger partial charge < -0.3 is 25.9 Å². The Bertz CT molecular complexity index is 1140. The summed E-state index contributed by atoms with van der Waals surface area (Å²) in [7, 11) is 0. The number of rotatable bonds is 19. The molecule has 236 valence electrons. The van der Waals surface area contributed by atoms with E-state index in [1.807, 2.05) is 0 Å². The highest BCUT2D eigenvalue weighted by Crippen LogP contribution is 2.52. The zero-order valence-electron chi connectivity index (χ0n) is 24.9. The maximum absolute atomic E-state index is 12.8. The molecule has 13 nitrogen and oxygen atoms in total. The van der Waals surface area contributed by atoms with Crippen LogP contribution in [0, 0.1) is 35.0 Å². The zero-order chi connectivity index (χ0) is 31.7. The molecule has 1 saturated heterocycles. The Labute approximate surface area is 251 Å². The fourth-order valence-electron chi connectivity index (χ4n) is 6.28. The van der Waals surface area contributed by atoms with E-state index in [0.717, 1.165) is 6.42 Å². The van der Waals surface area contributed by atoms with E-state index in [1.165, 1.54) is 11.8 Å². The number of amidine groups is 1. The van der Waals surface area contributed by atoms with Gasteiger partial charge in [0.2, 0.25) is 23.6 Å². The predicted octanol–water partition coefficient (Wildman–Crippen LogP) is 0.961. The Kier molecular flexibility index (Phi) is 12.1. The molecule has 1 saturated carbocycles. The quantitative estimate of drug-likeness (QED) is 0.0470. The van der Waals surface area contributed by atoms with Gasteiger partial charge >= 0.3 is 5.97 Å². The van der Waals surface area contributed by atoms with E-state index in [-0.39, 0.29) is 72.3 Å². The number of allylic oxidation sites excluding steroid dienone is 2. The van der Waals surface area contributed by atoms with E-state index >= 15 is 0 Å². The second-order valence-corrected chi connectivity index (χ2v) is 11.9. The lowest BCUT2D eigenvalue weighted by Gasteiger charge is -2.19. The molecule has 43 heavy (non-hydrogen) atoms. The molecule has 3 rings (SSSR count). The molecule has 1 aliphatic heterocycles. The van der Waals surface area contributed by atoms with Crippen molar-refractivity contribution < 1.29 is 38.7 Å². The Morgan fingerprint density at radius 1 is 0.953 bits per heavy atom. The first-order chi connectivity index (χ1) is 20.4. The lowest BCUT2D eigenvalue weighted by atomic mass is 9.85. The molecular weight excluding hydrogens is 558 g/mol. The second kappa shape index (κ2) is 15.5. The smallest absolute Gasteiger partial charge is 0.307 e. The SMILES string of the molecule is CC(=N)NCCC[C@H](NC(=O)CCCCCN1C(=O)C2[C@@H](C1=O)[C@@H]1C=C[C@H]2C1)C(=O)NCC(=O)C[C@@H](CC(C)=O)C(=O)O. The normalized spacial score (nSPS) is 23.1. The van der Waals surface area contributed by atoms with Crippen LogP contribution >= 0.6 is 0 Å². The van der Waals surface area contributed by atoms with Gasteiger partial charge in [-0.1, -0.05) is 18.6 Å². The van der Waals surface area contributed by atoms with Gasteiger partial charge in [0.15, 0.2) is 5.78 Å². The number of ketones is 2. The number of amides is 4. The first-order valence-corrected chi connectivity index (χ1v) is 15.0. The molecule has 0 aromatic rings. The van der Waals surface area contributed by atoms with Gasteiger partial charge in [0.25, 0.3) is 0 Å². The van der Waals surface area contributed by atoms with Crippen LogP contribution < -0.4 is 16.0 Å². The van der Waals surface area contributed by atoms with E-state index in [4.69, 9.17) is 5.41 Å². The number of unbranched alkanes of at least 4 members (excludes halogenated alkanes) is 2. The molecule has 5 N–H and O–H groups in total. The highest BCUT2D eigenvalue weighted by molar-refractivity contribution is 6.06. The highest BCUT2D eigenvalue weighted by Gasteiger charge is 2.58. The molecule has 3 aliphatic rings. The summed E-state index contributed by atoms with van der Waals surface area (Å²) < 4.78 is 0. The van der Waals surface area contributed by atoms with E-state index < -0.39 is 42.6 Å². The van der Waals surface area contributed by atoms with E-state index in [2.05, 4.69) is 28.1 Å². The molecule has 0 aromatic heterocycles. The number of imide groups is 1. The number of nitrogens with zero attached hydrogens (tertiary/aromatic N) is 1. The summed E-state index contributed by atoms with van der Waals surface area (Å²) in [6, 6.07) is -0.941. The Balaban J connectivity index is 1.41. The van der Waals surface area contributed by atoms with Crippen molar-refractivity contribution in [1.82, 2.24) is 20.9 Å². The van der Waals surface area contributed by atoms with Crippen molar-refractivity contribution in [3.8, 4) is 0 Å². The largest absolute Gasteiger partial charge is 0.481 e. The molecule has 1 heterocycles. The van der Waals surface area contributed by atoms with Crippen molar-refractivity contribution in [3.63, 3.8) is 0 Å². The number of hydrogen-bond acceptors (Lipinski definition) is 8. The molecule has 2 bridgehead atoms. The number of nitrogens with one attached hydrogen (secondary N) is 4. The fraction of sp³-hybridized carbons (Fsp3) is 0.667. The standard InChI is InChI=1S/C30H43N5O8/c1-17(36)13-21(30(42)43)15-22(37)16-33-27(39)23(7-6-11-32-18(2)31)34-24(38)8-4-3-5-12-35-28(40)25-19-9-10-20(14-19)26(25)29(35)41/h9-10,19-21,23,25-26H,3-8,11-16H2,1-2H3,(H2,31,32)(H,33,39)(H,34,38)(H,42,43)/t19-,20+,21-,23+,25+,26?/m1/s1. The van der Waals surface area contributed by atoms with Crippen LogP contribution in [0.5, 0.6) is 0 Å². The number of Topliss-reactive ketones (excluding diaryl/α,β-unsaturated/α-hetero) is 2. The van der Waals surface area contributed by atoms with Crippen molar-refractivity contribution in [2.45, 2.75) is 77.7 Å². The van der Waals surface area contributed by atoms with E-state index in [1.54, 1.807) is 6.92 Å². The summed E-state index contributed by atoms with van der Waals surface area (Å²) in [5.41, 5.74) is 0. The summed E-state index contributed by atoms with van der Waals surface area (Å²) in [4.78, 5) is 87.4. The van der Waals surface area contributed by atoms with Gasteiger partial charge in [-0.25, -0.2) is 0 Å². The summed E-state index contributed by atoms with van der Waals surface area (Å²) >= 11 is 0. The number of hydrogen-bond donors (Lipinski definition) is 5. The molecule has 0 radical (unpaired) electrons. The average Bonchev–Trinajstić information content (AvgIpc) is 3.62. The number of carbonyl (C=O) groups is 7. The Hall–Kier alpha value is -3.90. The number of aliphatic carboxylic acids is 1.